The molecule has 23 heavy (non-hydrogen) atoms. The summed E-state index contributed by atoms with van der Waals surface area (Å²) in [6.45, 7) is 1.86. The van der Waals surface area contributed by atoms with Crippen molar-refractivity contribution in [1.29, 1.82) is 0 Å². The number of anilines is 1. The number of hydrogen-bond donors (Lipinski definition) is 2. The van der Waals surface area contributed by atoms with Crippen molar-refractivity contribution in [1.82, 2.24) is 24.6 Å². The van der Waals surface area contributed by atoms with E-state index in [-0.39, 0.29) is 5.75 Å². The molecule has 1 aromatic carbocycles. The van der Waals surface area contributed by atoms with Gasteiger partial charge in [-0.2, -0.15) is 5.10 Å². The van der Waals surface area contributed by atoms with E-state index in [1.54, 1.807) is 35.1 Å². The minimum atomic E-state index is 0.225. The summed E-state index contributed by atoms with van der Waals surface area (Å²) in [4.78, 5) is 10.8. The summed E-state index contributed by atoms with van der Waals surface area (Å²) in [6, 6.07) is 6.86. The summed E-state index contributed by atoms with van der Waals surface area (Å²) in [5, 5.41) is 18.0. The van der Waals surface area contributed by atoms with Crippen molar-refractivity contribution in [2.24, 2.45) is 0 Å². The highest BCUT2D eigenvalue weighted by atomic mass is 16.3. The van der Waals surface area contributed by atoms with Gasteiger partial charge in [-0.3, -0.25) is 0 Å². The van der Waals surface area contributed by atoms with Crippen molar-refractivity contribution < 1.29 is 5.11 Å². The Morgan fingerprint density at radius 1 is 1.17 bits per heavy atom. The summed E-state index contributed by atoms with van der Waals surface area (Å²) in [7, 11) is 4.12. The molecule has 2 N–H and O–H groups in total. The SMILES string of the molecule is CN(C)CCCNc1ncnc2c1cnn2-c1ccc(O)cc1. The Morgan fingerprint density at radius 2 is 1.96 bits per heavy atom. The summed E-state index contributed by atoms with van der Waals surface area (Å²) in [6.07, 6.45) is 4.33. The Bertz CT molecular complexity index is 781. The van der Waals surface area contributed by atoms with E-state index in [4.69, 9.17) is 0 Å². The predicted molar refractivity (Wildman–Crippen MR) is 90.0 cm³/mol. The van der Waals surface area contributed by atoms with Gasteiger partial charge in [0.2, 0.25) is 0 Å². The molecule has 2 aromatic heterocycles. The second kappa shape index (κ2) is 6.62. The van der Waals surface area contributed by atoms with Gasteiger partial charge in [0.1, 0.15) is 17.9 Å². The number of nitrogens with one attached hydrogen (secondary N) is 1. The highest BCUT2D eigenvalue weighted by molar-refractivity contribution is 5.87. The molecule has 120 valence electrons. The molecular formula is C16H20N6O. The molecule has 2 heterocycles. The molecule has 0 radical (unpaired) electrons. The van der Waals surface area contributed by atoms with Gasteiger partial charge in [0, 0.05) is 6.54 Å². The van der Waals surface area contributed by atoms with E-state index >= 15 is 0 Å². The number of aromatic nitrogens is 4. The fourth-order valence-electron chi connectivity index (χ4n) is 2.37. The van der Waals surface area contributed by atoms with Crippen molar-refractivity contribution in [3.8, 4) is 11.4 Å². The number of phenolic OH excluding ortho intramolecular Hbond substituents is 1. The van der Waals surface area contributed by atoms with Crippen LogP contribution in [0.25, 0.3) is 16.7 Å². The zero-order valence-electron chi connectivity index (χ0n) is 13.3. The average molecular weight is 312 g/mol. The molecule has 0 aliphatic rings. The highest BCUT2D eigenvalue weighted by Gasteiger charge is 2.10. The lowest BCUT2D eigenvalue weighted by Crippen LogP contribution is -2.16. The first-order chi connectivity index (χ1) is 11.1. The number of aromatic hydroxyl groups is 1. The van der Waals surface area contributed by atoms with Crippen LogP contribution in [0.3, 0.4) is 0 Å². The molecule has 0 spiro atoms. The van der Waals surface area contributed by atoms with Gasteiger partial charge in [-0.05, 0) is 51.3 Å². The third kappa shape index (κ3) is 3.40. The van der Waals surface area contributed by atoms with Crippen molar-refractivity contribution in [3.63, 3.8) is 0 Å². The van der Waals surface area contributed by atoms with Crippen LogP contribution in [0.5, 0.6) is 5.75 Å². The van der Waals surface area contributed by atoms with E-state index in [0.717, 1.165) is 42.0 Å². The number of benzene rings is 1. The van der Waals surface area contributed by atoms with Gasteiger partial charge in [-0.1, -0.05) is 0 Å². The van der Waals surface area contributed by atoms with E-state index < -0.39 is 0 Å². The third-order valence-electron chi connectivity index (χ3n) is 3.53. The van der Waals surface area contributed by atoms with Gasteiger partial charge in [0.05, 0.1) is 17.3 Å². The smallest absolute Gasteiger partial charge is 0.168 e. The fourth-order valence-corrected chi connectivity index (χ4v) is 2.37. The molecule has 0 saturated carbocycles. The standard InChI is InChI=1S/C16H20N6O/c1-21(2)9-3-8-17-15-14-10-20-22(16(14)19-11-18-15)12-4-6-13(23)7-5-12/h4-7,10-11,23H,3,8-9H2,1-2H3,(H,17,18,19). The molecule has 0 fully saturated rings. The van der Waals surface area contributed by atoms with Crippen LogP contribution in [-0.4, -0.2) is 56.9 Å². The maximum atomic E-state index is 9.40. The first-order valence-electron chi connectivity index (χ1n) is 7.52. The van der Waals surface area contributed by atoms with Crippen molar-refractivity contribution in [2.75, 3.05) is 32.5 Å². The lowest BCUT2D eigenvalue weighted by Gasteiger charge is -2.10. The van der Waals surface area contributed by atoms with E-state index in [1.807, 2.05) is 0 Å². The molecular weight excluding hydrogens is 292 g/mol. The lowest BCUT2D eigenvalue weighted by molar-refractivity contribution is 0.405. The van der Waals surface area contributed by atoms with Crippen LogP contribution in [0.2, 0.25) is 0 Å². The zero-order valence-corrected chi connectivity index (χ0v) is 13.3. The molecule has 7 heteroatoms. The highest BCUT2D eigenvalue weighted by Crippen LogP contribution is 2.22. The molecule has 0 aliphatic carbocycles. The summed E-state index contributed by atoms with van der Waals surface area (Å²) >= 11 is 0. The summed E-state index contributed by atoms with van der Waals surface area (Å²) in [5.41, 5.74) is 1.58. The Labute approximate surface area is 134 Å². The summed E-state index contributed by atoms with van der Waals surface area (Å²) < 4.78 is 1.74. The molecule has 0 bridgehead atoms. The van der Waals surface area contributed by atoms with Crippen LogP contribution in [0.1, 0.15) is 6.42 Å². The van der Waals surface area contributed by atoms with Gasteiger partial charge in [-0.25, -0.2) is 14.6 Å². The maximum Gasteiger partial charge on any atom is 0.168 e. The molecule has 0 saturated heterocycles. The monoisotopic (exact) mass is 312 g/mol. The minimum Gasteiger partial charge on any atom is -0.508 e. The third-order valence-corrected chi connectivity index (χ3v) is 3.53. The molecule has 0 atom stereocenters. The van der Waals surface area contributed by atoms with Crippen molar-refractivity contribution >= 4 is 16.9 Å². The number of fused-ring (bicyclic) bond motifs is 1. The molecule has 3 aromatic rings. The van der Waals surface area contributed by atoms with E-state index in [2.05, 4.69) is 39.4 Å². The van der Waals surface area contributed by atoms with E-state index in [0.29, 0.717) is 0 Å². The number of rotatable bonds is 6. The lowest BCUT2D eigenvalue weighted by atomic mass is 10.3. The second-order valence-corrected chi connectivity index (χ2v) is 5.62. The normalized spacial score (nSPS) is 11.3. The van der Waals surface area contributed by atoms with Crippen molar-refractivity contribution in [2.45, 2.75) is 6.42 Å². The van der Waals surface area contributed by atoms with E-state index in [1.165, 1.54) is 6.33 Å². The van der Waals surface area contributed by atoms with Crippen LogP contribution in [0, 0.1) is 0 Å². The van der Waals surface area contributed by atoms with Crippen LogP contribution in [0.15, 0.2) is 36.8 Å². The first kappa shape index (κ1) is 15.2. The van der Waals surface area contributed by atoms with Crippen molar-refractivity contribution in [3.05, 3.63) is 36.8 Å². The number of nitrogens with zero attached hydrogens (tertiary/aromatic N) is 5. The molecule has 0 aliphatic heterocycles. The van der Waals surface area contributed by atoms with Gasteiger partial charge >= 0.3 is 0 Å². The second-order valence-electron chi connectivity index (χ2n) is 5.62. The topological polar surface area (TPSA) is 79.1 Å². The quantitative estimate of drug-likeness (QED) is 0.677. The molecule has 0 unspecified atom stereocenters. The minimum absolute atomic E-state index is 0.225. The van der Waals surface area contributed by atoms with Gasteiger partial charge in [-0.15, -0.1) is 0 Å². The predicted octanol–water partition coefficient (Wildman–Crippen LogP) is 1.88. The van der Waals surface area contributed by atoms with Gasteiger partial charge in [0.15, 0.2) is 5.65 Å². The van der Waals surface area contributed by atoms with Gasteiger partial charge < -0.3 is 15.3 Å². The van der Waals surface area contributed by atoms with E-state index in [9.17, 15) is 5.11 Å². The Balaban J connectivity index is 1.84. The first-order valence-corrected chi connectivity index (χ1v) is 7.52. The average Bonchev–Trinajstić information content (AvgIpc) is 2.97. The fraction of sp³-hybridized carbons (Fsp3) is 0.312. The molecule has 3 rings (SSSR count). The zero-order chi connectivity index (χ0) is 16.2. The van der Waals surface area contributed by atoms with Crippen LogP contribution in [-0.2, 0) is 0 Å². The molecule has 7 nitrogen and oxygen atoms in total. The van der Waals surface area contributed by atoms with Crippen LogP contribution < -0.4 is 5.32 Å². The van der Waals surface area contributed by atoms with Crippen LogP contribution in [0.4, 0.5) is 5.82 Å². The van der Waals surface area contributed by atoms with Crippen LogP contribution >= 0.6 is 0 Å². The maximum absolute atomic E-state index is 9.40. The molecule has 0 amide bonds. The summed E-state index contributed by atoms with van der Waals surface area (Å²) in [5.74, 6) is 1.02. The Kier molecular flexibility index (Phi) is 4.38. The largest absolute Gasteiger partial charge is 0.508 e. The van der Waals surface area contributed by atoms with Gasteiger partial charge in [0.25, 0.3) is 0 Å². The number of hydrogen-bond acceptors (Lipinski definition) is 6. The number of phenols is 1. The Hall–Kier alpha value is -2.67. The Morgan fingerprint density at radius 3 is 2.70 bits per heavy atom.